The summed E-state index contributed by atoms with van der Waals surface area (Å²) in [4.78, 5) is 4.10. The van der Waals surface area contributed by atoms with Crippen molar-refractivity contribution < 1.29 is 4.74 Å². The molecule has 0 aliphatic carbocycles. The minimum atomic E-state index is 0.870. The monoisotopic (exact) mass is 260 g/mol. The Hall–Kier alpha value is -1.68. The Kier molecular flexibility index (Phi) is 4.47. The predicted octanol–water partition coefficient (Wildman–Crippen LogP) is 3.49. The van der Waals surface area contributed by atoms with E-state index >= 15 is 0 Å². The fraction of sp³-hybridized carbons (Fsp3) is 0.214. The summed E-state index contributed by atoms with van der Waals surface area (Å²) in [6, 6.07) is 8.01. The molecule has 0 aliphatic heterocycles. The maximum atomic E-state index is 5.42. The average Bonchev–Trinajstić information content (AvgIpc) is 2.94. The van der Waals surface area contributed by atoms with Gasteiger partial charge in [-0.15, -0.1) is 11.8 Å². The Morgan fingerprint density at radius 1 is 1.44 bits per heavy atom. The van der Waals surface area contributed by atoms with E-state index in [0.29, 0.717) is 0 Å². The molecule has 18 heavy (non-hydrogen) atoms. The average molecular weight is 260 g/mol. The van der Waals surface area contributed by atoms with E-state index in [1.54, 1.807) is 31.4 Å². The fourth-order valence-electron chi connectivity index (χ4n) is 1.68. The molecule has 0 saturated carbocycles. The van der Waals surface area contributed by atoms with Gasteiger partial charge < -0.3 is 9.30 Å². The minimum absolute atomic E-state index is 0.870. The van der Waals surface area contributed by atoms with E-state index in [4.69, 9.17) is 4.74 Å². The van der Waals surface area contributed by atoms with Crippen LogP contribution in [0.1, 0.15) is 12.5 Å². The van der Waals surface area contributed by atoms with Gasteiger partial charge in [-0.3, -0.25) is 0 Å². The van der Waals surface area contributed by atoms with Gasteiger partial charge in [-0.05, 0) is 23.3 Å². The number of methoxy groups -OCH3 is 1. The van der Waals surface area contributed by atoms with E-state index in [0.717, 1.165) is 22.8 Å². The Morgan fingerprint density at radius 3 is 2.94 bits per heavy atom. The summed E-state index contributed by atoms with van der Waals surface area (Å²) >= 11 is 1.76. The first-order valence-electron chi connectivity index (χ1n) is 5.80. The Bertz CT molecular complexity index is 520. The van der Waals surface area contributed by atoms with Crippen LogP contribution in [-0.4, -0.2) is 22.4 Å². The predicted molar refractivity (Wildman–Crippen MR) is 76.7 cm³/mol. The highest BCUT2D eigenvalue weighted by Gasteiger charge is 2.09. The largest absolute Gasteiger partial charge is 0.496 e. The van der Waals surface area contributed by atoms with E-state index < -0.39 is 0 Å². The van der Waals surface area contributed by atoms with Crippen molar-refractivity contribution in [2.45, 2.75) is 6.92 Å². The molecule has 0 saturated heterocycles. The van der Waals surface area contributed by atoms with Crippen molar-refractivity contribution in [2.24, 2.45) is 0 Å². The van der Waals surface area contributed by atoms with Crippen LogP contribution in [0.25, 0.3) is 5.70 Å². The van der Waals surface area contributed by atoms with Gasteiger partial charge in [0.15, 0.2) is 0 Å². The maximum Gasteiger partial charge on any atom is 0.128 e. The van der Waals surface area contributed by atoms with Crippen LogP contribution in [0.2, 0.25) is 0 Å². The molecule has 1 aromatic carbocycles. The van der Waals surface area contributed by atoms with Crippen LogP contribution in [0.5, 0.6) is 5.75 Å². The highest BCUT2D eigenvalue weighted by Crippen LogP contribution is 2.28. The molecule has 0 unspecified atom stereocenters. The third-order valence-electron chi connectivity index (χ3n) is 2.53. The van der Waals surface area contributed by atoms with Gasteiger partial charge in [0.25, 0.3) is 0 Å². The molecule has 2 rings (SSSR count). The molecule has 0 aliphatic rings. The Morgan fingerprint density at radius 2 is 2.28 bits per heavy atom. The third kappa shape index (κ3) is 2.76. The number of rotatable bonds is 5. The first-order valence-corrected chi connectivity index (χ1v) is 6.85. The summed E-state index contributed by atoms with van der Waals surface area (Å²) in [5.41, 5.74) is 2.15. The number of hydrogen-bond donors (Lipinski definition) is 0. The topological polar surface area (TPSA) is 27.1 Å². The molecular weight excluding hydrogens is 244 g/mol. The van der Waals surface area contributed by atoms with Crippen molar-refractivity contribution in [3.63, 3.8) is 0 Å². The standard InChI is InChI=1S/C14H16N2OS/c1-3-18-10-13(16-9-8-15-11-16)12-6-4-5-7-14(12)17-2/h4-11H,3H2,1-2H3/b13-10+. The summed E-state index contributed by atoms with van der Waals surface area (Å²) < 4.78 is 7.42. The van der Waals surface area contributed by atoms with Crippen LogP contribution < -0.4 is 4.74 Å². The molecule has 94 valence electrons. The van der Waals surface area contributed by atoms with Crippen molar-refractivity contribution in [3.05, 3.63) is 54.0 Å². The van der Waals surface area contributed by atoms with Gasteiger partial charge in [0, 0.05) is 18.0 Å². The SMILES string of the molecule is CCS/C=C(\c1ccccc1OC)n1ccnc1. The fourth-order valence-corrected chi connectivity index (χ4v) is 2.26. The van der Waals surface area contributed by atoms with Crippen LogP contribution in [-0.2, 0) is 0 Å². The second-order valence-electron chi connectivity index (χ2n) is 3.63. The van der Waals surface area contributed by atoms with Crippen LogP contribution in [0.15, 0.2) is 48.4 Å². The number of ether oxygens (including phenoxy) is 1. The zero-order valence-corrected chi connectivity index (χ0v) is 11.4. The highest BCUT2D eigenvalue weighted by atomic mass is 32.2. The van der Waals surface area contributed by atoms with E-state index in [1.165, 1.54) is 0 Å². The van der Waals surface area contributed by atoms with Crippen molar-refractivity contribution in [1.29, 1.82) is 0 Å². The smallest absolute Gasteiger partial charge is 0.128 e. The van der Waals surface area contributed by atoms with Gasteiger partial charge in [-0.1, -0.05) is 19.1 Å². The minimum Gasteiger partial charge on any atom is -0.496 e. The molecule has 0 amide bonds. The van der Waals surface area contributed by atoms with Crippen molar-refractivity contribution in [2.75, 3.05) is 12.9 Å². The molecule has 0 N–H and O–H groups in total. The summed E-state index contributed by atoms with van der Waals surface area (Å²) in [6.45, 7) is 2.13. The number of thioether (sulfide) groups is 1. The number of para-hydroxylation sites is 1. The molecule has 0 fully saturated rings. The number of aromatic nitrogens is 2. The first-order chi connectivity index (χ1) is 8.86. The zero-order chi connectivity index (χ0) is 12.8. The van der Waals surface area contributed by atoms with Crippen LogP contribution >= 0.6 is 11.8 Å². The van der Waals surface area contributed by atoms with Crippen LogP contribution in [0.4, 0.5) is 0 Å². The van der Waals surface area contributed by atoms with E-state index in [-0.39, 0.29) is 0 Å². The summed E-state index contributed by atoms with van der Waals surface area (Å²) in [7, 11) is 1.69. The summed E-state index contributed by atoms with van der Waals surface area (Å²) in [6.07, 6.45) is 5.52. The van der Waals surface area contributed by atoms with Gasteiger partial charge in [-0.25, -0.2) is 4.98 Å². The summed E-state index contributed by atoms with van der Waals surface area (Å²) in [5.74, 6) is 1.90. The van der Waals surface area contributed by atoms with Crippen molar-refractivity contribution in [1.82, 2.24) is 9.55 Å². The van der Waals surface area contributed by atoms with Gasteiger partial charge in [-0.2, -0.15) is 0 Å². The van der Waals surface area contributed by atoms with E-state index in [9.17, 15) is 0 Å². The van der Waals surface area contributed by atoms with Crippen LogP contribution in [0, 0.1) is 0 Å². The third-order valence-corrected chi connectivity index (χ3v) is 3.25. The number of hydrogen-bond acceptors (Lipinski definition) is 3. The second kappa shape index (κ2) is 6.31. The number of nitrogens with zero attached hydrogens (tertiary/aromatic N) is 2. The zero-order valence-electron chi connectivity index (χ0n) is 10.5. The lowest BCUT2D eigenvalue weighted by molar-refractivity contribution is 0.413. The molecule has 3 nitrogen and oxygen atoms in total. The Labute approximate surface area is 111 Å². The quantitative estimate of drug-likeness (QED) is 0.823. The van der Waals surface area contributed by atoms with Gasteiger partial charge in [0.2, 0.25) is 0 Å². The van der Waals surface area contributed by atoms with Crippen molar-refractivity contribution >= 4 is 17.5 Å². The van der Waals surface area contributed by atoms with E-state index in [2.05, 4.69) is 23.4 Å². The molecule has 0 radical (unpaired) electrons. The lowest BCUT2D eigenvalue weighted by Gasteiger charge is -2.12. The lowest BCUT2D eigenvalue weighted by Crippen LogP contribution is -1.98. The molecule has 0 bridgehead atoms. The lowest BCUT2D eigenvalue weighted by atomic mass is 10.1. The summed E-state index contributed by atoms with van der Waals surface area (Å²) in [5, 5.41) is 2.14. The highest BCUT2D eigenvalue weighted by molar-refractivity contribution is 8.02. The second-order valence-corrected chi connectivity index (χ2v) is 4.78. The molecule has 0 spiro atoms. The normalized spacial score (nSPS) is 11.6. The molecular formula is C14H16N2OS. The molecule has 2 aromatic rings. The van der Waals surface area contributed by atoms with Crippen molar-refractivity contribution in [3.8, 4) is 5.75 Å². The van der Waals surface area contributed by atoms with Gasteiger partial charge in [0.1, 0.15) is 5.75 Å². The van der Waals surface area contributed by atoms with Gasteiger partial charge >= 0.3 is 0 Å². The number of imidazole rings is 1. The number of benzene rings is 1. The van der Waals surface area contributed by atoms with E-state index in [1.807, 2.05) is 29.0 Å². The van der Waals surface area contributed by atoms with Crippen LogP contribution in [0.3, 0.4) is 0 Å². The molecule has 0 atom stereocenters. The molecule has 4 heteroatoms. The first kappa shape index (κ1) is 12.8. The molecule has 1 aromatic heterocycles. The Balaban J connectivity index is 2.47. The van der Waals surface area contributed by atoms with Gasteiger partial charge in [0.05, 0.1) is 19.1 Å². The maximum absolute atomic E-state index is 5.42. The molecule has 1 heterocycles.